The van der Waals surface area contributed by atoms with Gasteiger partial charge in [0.05, 0.1) is 6.10 Å². The SMILES string of the molecule is CC[C@H](C(=O)O)N1CC[C@@H](OCCC(C)C)C1. The molecule has 0 saturated carbocycles. The predicted octanol–water partition coefficient (Wildman–Crippen LogP) is 1.99. The third kappa shape index (κ3) is 4.64. The van der Waals surface area contributed by atoms with Crippen LogP contribution in [0.5, 0.6) is 0 Å². The highest BCUT2D eigenvalue weighted by molar-refractivity contribution is 5.73. The van der Waals surface area contributed by atoms with Crippen molar-refractivity contribution in [3.05, 3.63) is 0 Å². The molecule has 0 bridgehead atoms. The number of carboxylic acids is 1. The molecular formula is C13H25NO3. The maximum atomic E-state index is 11.0. The summed E-state index contributed by atoms with van der Waals surface area (Å²) in [5.74, 6) is -0.0507. The molecule has 1 N–H and O–H groups in total. The van der Waals surface area contributed by atoms with Gasteiger partial charge in [0.25, 0.3) is 0 Å². The molecular weight excluding hydrogens is 218 g/mol. The third-order valence-corrected chi connectivity index (χ3v) is 3.34. The van der Waals surface area contributed by atoms with E-state index in [1.807, 2.05) is 11.8 Å². The molecule has 1 fully saturated rings. The van der Waals surface area contributed by atoms with Crippen molar-refractivity contribution in [1.82, 2.24) is 4.90 Å². The van der Waals surface area contributed by atoms with Crippen molar-refractivity contribution < 1.29 is 14.6 Å². The van der Waals surface area contributed by atoms with Gasteiger partial charge in [0, 0.05) is 19.7 Å². The van der Waals surface area contributed by atoms with Crippen molar-refractivity contribution in [2.24, 2.45) is 5.92 Å². The highest BCUT2D eigenvalue weighted by atomic mass is 16.5. The molecule has 0 amide bonds. The smallest absolute Gasteiger partial charge is 0.320 e. The van der Waals surface area contributed by atoms with Crippen LogP contribution in [-0.4, -0.2) is 47.8 Å². The fourth-order valence-electron chi connectivity index (χ4n) is 2.23. The number of carboxylic acid groups (broad SMARTS) is 1. The van der Waals surface area contributed by atoms with Crippen LogP contribution in [0.25, 0.3) is 0 Å². The van der Waals surface area contributed by atoms with Gasteiger partial charge in [-0.2, -0.15) is 0 Å². The number of nitrogens with zero attached hydrogens (tertiary/aromatic N) is 1. The monoisotopic (exact) mass is 243 g/mol. The lowest BCUT2D eigenvalue weighted by Gasteiger charge is -2.22. The van der Waals surface area contributed by atoms with Crippen LogP contribution in [0.4, 0.5) is 0 Å². The number of hydrogen-bond acceptors (Lipinski definition) is 3. The van der Waals surface area contributed by atoms with Crippen molar-refractivity contribution in [2.45, 2.75) is 52.2 Å². The minimum absolute atomic E-state index is 0.224. The predicted molar refractivity (Wildman–Crippen MR) is 67.1 cm³/mol. The molecule has 100 valence electrons. The topological polar surface area (TPSA) is 49.8 Å². The van der Waals surface area contributed by atoms with E-state index in [9.17, 15) is 4.79 Å². The van der Waals surface area contributed by atoms with Crippen LogP contribution < -0.4 is 0 Å². The molecule has 0 unspecified atom stereocenters. The Morgan fingerprint density at radius 3 is 2.76 bits per heavy atom. The Balaban J connectivity index is 2.29. The number of aliphatic carboxylic acids is 1. The molecule has 1 aliphatic heterocycles. The highest BCUT2D eigenvalue weighted by Crippen LogP contribution is 2.18. The van der Waals surface area contributed by atoms with E-state index in [1.165, 1.54) is 0 Å². The molecule has 0 radical (unpaired) electrons. The van der Waals surface area contributed by atoms with Crippen molar-refractivity contribution in [1.29, 1.82) is 0 Å². The van der Waals surface area contributed by atoms with Gasteiger partial charge in [-0.1, -0.05) is 20.8 Å². The highest BCUT2D eigenvalue weighted by Gasteiger charge is 2.31. The summed E-state index contributed by atoms with van der Waals surface area (Å²) in [6, 6.07) is -0.339. The van der Waals surface area contributed by atoms with Crippen molar-refractivity contribution in [2.75, 3.05) is 19.7 Å². The fourth-order valence-corrected chi connectivity index (χ4v) is 2.23. The van der Waals surface area contributed by atoms with Crippen LogP contribution >= 0.6 is 0 Å². The van der Waals surface area contributed by atoms with E-state index in [2.05, 4.69) is 13.8 Å². The van der Waals surface area contributed by atoms with Crippen LogP contribution in [0.1, 0.15) is 40.0 Å². The molecule has 1 heterocycles. The second-order valence-corrected chi connectivity index (χ2v) is 5.22. The Labute approximate surface area is 104 Å². The molecule has 1 aliphatic rings. The summed E-state index contributed by atoms with van der Waals surface area (Å²) in [6.45, 7) is 8.69. The van der Waals surface area contributed by atoms with Crippen LogP contribution in [0.3, 0.4) is 0 Å². The lowest BCUT2D eigenvalue weighted by Crippen LogP contribution is -2.39. The fraction of sp³-hybridized carbons (Fsp3) is 0.923. The van der Waals surface area contributed by atoms with Crippen LogP contribution in [0.15, 0.2) is 0 Å². The van der Waals surface area contributed by atoms with Gasteiger partial charge in [0.15, 0.2) is 0 Å². The third-order valence-electron chi connectivity index (χ3n) is 3.34. The van der Waals surface area contributed by atoms with Crippen LogP contribution in [0, 0.1) is 5.92 Å². The minimum atomic E-state index is -0.713. The van der Waals surface area contributed by atoms with E-state index in [0.29, 0.717) is 12.3 Å². The standard InChI is InChI=1S/C13H25NO3/c1-4-12(13(15)16)14-7-5-11(9-14)17-8-6-10(2)3/h10-12H,4-9H2,1-3H3,(H,15,16)/t11-,12-/m1/s1. The van der Waals surface area contributed by atoms with Gasteiger partial charge in [-0.3, -0.25) is 9.69 Å². The summed E-state index contributed by atoms with van der Waals surface area (Å²) in [5.41, 5.74) is 0. The normalized spacial score (nSPS) is 23.2. The molecule has 0 aromatic heterocycles. The number of likely N-dealkylation sites (tertiary alicyclic amines) is 1. The zero-order valence-electron chi connectivity index (χ0n) is 11.2. The summed E-state index contributed by atoms with van der Waals surface area (Å²) in [4.78, 5) is 13.1. The summed E-state index contributed by atoms with van der Waals surface area (Å²) in [5, 5.41) is 9.09. The van der Waals surface area contributed by atoms with E-state index >= 15 is 0 Å². The first kappa shape index (κ1) is 14.5. The Kier molecular flexibility index (Phi) is 5.92. The van der Waals surface area contributed by atoms with E-state index in [4.69, 9.17) is 9.84 Å². The number of ether oxygens (including phenoxy) is 1. The second-order valence-electron chi connectivity index (χ2n) is 5.22. The first-order chi connectivity index (χ1) is 8.04. The quantitative estimate of drug-likeness (QED) is 0.743. The summed E-state index contributed by atoms with van der Waals surface area (Å²) >= 11 is 0. The first-order valence-electron chi connectivity index (χ1n) is 6.63. The van der Waals surface area contributed by atoms with E-state index in [-0.39, 0.29) is 12.1 Å². The molecule has 1 rings (SSSR count). The lowest BCUT2D eigenvalue weighted by molar-refractivity contribution is -0.143. The lowest BCUT2D eigenvalue weighted by atomic mass is 10.1. The maximum absolute atomic E-state index is 11.0. The zero-order valence-corrected chi connectivity index (χ0v) is 11.2. The summed E-state index contributed by atoms with van der Waals surface area (Å²) < 4.78 is 5.78. The van der Waals surface area contributed by atoms with Gasteiger partial charge in [0.2, 0.25) is 0 Å². The van der Waals surface area contributed by atoms with Gasteiger partial charge >= 0.3 is 5.97 Å². The molecule has 0 spiro atoms. The van der Waals surface area contributed by atoms with Crippen molar-refractivity contribution >= 4 is 5.97 Å². The van der Waals surface area contributed by atoms with Gasteiger partial charge in [-0.25, -0.2) is 0 Å². The Hall–Kier alpha value is -0.610. The molecule has 2 atom stereocenters. The Morgan fingerprint density at radius 2 is 2.24 bits per heavy atom. The molecule has 4 nitrogen and oxygen atoms in total. The van der Waals surface area contributed by atoms with Gasteiger partial charge in [0.1, 0.15) is 6.04 Å². The van der Waals surface area contributed by atoms with Crippen molar-refractivity contribution in [3.8, 4) is 0 Å². The average molecular weight is 243 g/mol. The van der Waals surface area contributed by atoms with Crippen LogP contribution in [0.2, 0.25) is 0 Å². The molecule has 0 aromatic carbocycles. The molecule has 0 aliphatic carbocycles. The number of rotatable bonds is 7. The molecule has 4 heteroatoms. The molecule has 17 heavy (non-hydrogen) atoms. The van der Waals surface area contributed by atoms with Crippen LogP contribution in [-0.2, 0) is 9.53 Å². The first-order valence-corrected chi connectivity index (χ1v) is 6.63. The summed E-state index contributed by atoms with van der Waals surface area (Å²) in [6.07, 6.45) is 2.92. The largest absolute Gasteiger partial charge is 0.480 e. The second kappa shape index (κ2) is 6.97. The average Bonchev–Trinajstić information content (AvgIpc) is 2.66. The maximum Gasteiger partial charge on any atom is 0.320 e. The zero-order chi connectivity index (χ0) is 12.8. The Bertz CT molecular complexity index is 243. The molecule has 1 saturated heterocycles. The summed E-state index contributed by atoms with van der Waals surface area (Å²) in [7, 11) is 0. The van der Waals surface area contributed by atoms with E-state index < -0.39 is 5.97 Å². The minimum Gasteiger partial charge on any atom is -0.480 e. The Morgan fingerprint density at radius 1 is 1.53 bits per heavy atom. The number of hydrogen-bond donors (Lipinski definition) is 1. The molecule has 0 aromatic rings. The van der Waals surface area contributed by atoms with Crippen molar-refractivity contribution in [3.63, 3.8) is 0 Å². The van der Waals surface area contributed by atoms with E-state index in [0.717, 1.165) is 32.5 Å². The van der Waals surface area contributed by atoms with Gasteiger partial charge in [-0.05, 0) is 25.2 Å². The van der Waals surface area contributed by atoms with E-state index in [1.54, 1.807) is 0 Å². The van der Waals surface area contributed by atoms with Gasteiger partial charge < -0.3 is 9.84 Å². The number of carbonyl (C=O) groups is 1. The van der Waals surface area contributed by atoms with Gasteiger partial charge in [-0.15, -0.1) is 0 Å².